The van der Waals surface area contributed by atoms with Crippen molar-refractivity contribution in [3.05, 3.63) is 17.6 Å². The van der Waals surface area contributed by atoms with Crippen molar-refractivity contribution in [2.45, 2.75) is 59.0 Å². The molecule has 1 atom stereocenters. The zero-order chi connectivity index (χ0) is 13.7. The fraction of sp³-hybridized carbons (Fsp3) is 0.733. The zero-order valence-electron chi connectivity index (χ0n) is 12.4. The Bertz CT molecular complexity index is 405. The maximum Gasteiger partial charge on any atom is 0.144 e. The van der Waals surface area contributed by atoms with E-state index in [1.165, 1.54) is 25.8 Å². The van der Waals surface area contributed by atoms with Crippen molar-refractivity contribution < 1.29 is 0 Å². The van der Waals surface area contributed by atoms with E-state index < -0.39 is 0 Å². The van der Waals surface area contributed by atoms with E-state index in [-0.39, 0.29) is 0 Å². The normalized spacial score (nSPS) is 20.5. The van der Waals surface area contributed by atoms with E-state index in [4.69, 9.17) is 0 Å². The molecule has 1 aliphatic rings. The molecule has 1 saturated heterocycles. The first kappa shape index (κ1) is 14.3. The monoisotopic (exact) mass is 262 g/mol. The summed E-state index contributed by atoms with van der Waals surface area (Å²) in [7, 11) is 0. The van der Waals surface area contributed by atoms with E-state index >= 15 is 0 Å². The molecule has 0 amide bonds. The molecule has 0 aliphatic carbocycles. The van der Waals surface area contributed by atoms with Gasteiger partial charge in [-0.2, -0.15) is 0 Å². The molecule has 1 aromatic rings. The van der Waals surface area contributed by atoms with Crippen LogP contribution in [0.2, 0.25) is 0 Å². The molecule has 0 radical (unpaired) electrons. The van der Waals surface area contributed by atoms with Crippen molar-refractivity contribution in [2.24, 2.45) is 0 Å². The summed E-state index contributed by atoms with van der Waals surface area (Å²) in [5.74, 6) is 1.92. The van der Waals surface area contributed by atoms with Crippen molar-refractivity contribution in [3.8, 4) is 0 Å². The molecule has 2 heterocycles. The van der Waals surface area contributed by atoms with E-state index in [0.29, 0.717) is 6.04 Å². The molecule has 1 unspecified atom stereocenters. The fourth-order valence-corrected chi connectivity index (χ4v) is 2.62. The summed E-state index contributed by atoms with van der Waals surface area (Å²) in [4.78, 5) is 11.7. The second-order valence-electron chi connectivity index (χ2n) is 5.55. The summed E-state index contributed by atoms with van der Waals surface area (Å²) >= 11 is 0. The predicted octanol–water partition coefficient (Wildman–Crippen LogP) is 2.98. The number of hydrogen-bond donors (Lipinski definition) is 1. The number of aryl methyl sites for hydroxylation is 1. The molecule has 19 heavy (non-hydrogen) atoms. The topological polar surface area (TPSA) is 41.1 Å². The van der Waals surface area contributed by atoms with Crippen LogP contribution in [-0.2, 0) is 6.54 Å². The molecule has 1 N–H and O–H groups in total. The number of nitrogens with one attached hydrogen (secondary N) is 1. The van der Waals surface area contributed by atoms with Crippen LogP contribution in [0.4, 0.5) is 5.82 Å². The maximum atomic E-state index is 4.64. The minimum atomic E-state index is 0.657. The minimum absolute atomic E-state index is 0.657. The van der Waals surface area contributed by atoms with Gasteiger partial charge in [-0.05, 0) is 39.7 Å². The highest BCUT2D eigenvalue weighted by atomic mass is 15.2. The van der Waals surface area contributed by atoms with Crippen LogP contribution >= 0.6 is 0 Å². The molecule has 0 bridgehead atoms. The van der Waals surface area contributed by atoms with Gasteiger partial charge >= 0.3 is 0 Å². The van der Waals surface area contributed by atoms with E-state index in [1.54, 1.807) is 0 Å². The summed E-state index contributed by atoms with van der Waals surface area (Å²) in [5, 5.41) is 3.35. The van der Waals surface area contributed by atoms with Gasteiger partial charge in [-0.25, -0.2) is 9.97 Å². The van der Waals surface area contributed by atoms with Gasteiger partial charge in [-0.1, -0.05) is 13.3 Å². The Morgan fingerprint density at radius 2 is 2.21 bits per heavy atom. The SMILES string of the molecule is CCCNc1cc(C)nc(CN2CCCCC2C)n1. The highest BCUT2D eigenvalue weighted by Gasteiger charge is 2.19. The highest BCUT2D eigenvalue weighted by molar-refractivity contribution is 5.35. The third kappa shape index (κ3) is 4.16. The van der Waals surface area contributed by atoms with Gasteiger partial charge in [-0.3, -0.25) is 4.90 Å². The second-order valence-corrected chi connectivity index (χ2v) is 5.55. The first-order valence-electron chi connectivity index (χ1n) is 7.51. The maximum absolute atomic E-state index is 4.64. The lowest BCUT2D eigenvalue weighted by atomic mass is 10.0. The predicted molar refractivity (Wildman–Crippen MR) is 79.3 cm³/mol. The molecular formula is C15H26N4. The van der Waals surface area contributed by atoms with Crippen LogP contribution in [0.1, 0.15) is 51.0 Å². The number of anilines is 1. The Morgan fingerprint density at radius 1 is 1.37 bits per heavy atom. The Labute approximate surface area is 116 Å². The van der Waals surface area contributed by atoms with Gasteiger partial charge in [0.1, 0.15) is 11.6 Å². The molecule has 4 heteroatoms. The van der Waals surface area contributed by atoms with Crippen molar-refractivity contribution in [1.82, 2.24) is 14.9 Å². The average Bonchev–Trinajstić information content (AvgIpc) is 2.38. The average molecular weight is 262 g/mol. The quantitative estimate of drug-likeness (QED) is 0.885. The lowest BCUT2D eigenvalue weighted by Gasteiger charge is -2.32. The molecular weight excluding hydrogens is 236 g/mol. The molecule has 1 aliphatic heterocycles. The van der Waals surface area contributed by atoms with Gasteiger partial charge in [-0.15, -0.1) is 0 Å². The van der Waals surface area contributed by atoms with E-state index in [9.17, 15) is 0 Å². The Hall–Kier alpha value is -1.16. The first-order valence-corrected chi connectivity index (χ1v) is 7.51. The van der Waals surface area contributed by atoms with Crippen molar-refractivity contribution in [1.29, 1.82) is 0 Å². The van der Waals surface area contributed by atoms with Crippen molar-refractivity contribution in [3.63, 3.8) is 0 Å². The van der Waals surface area contributed by atoms with Crippen LogP contribution in [0.5, 0.6) is 0 Å². The van der Waals surface area contributed by atoms with Crippen LogP contribution < -0.4 is 5.32 Å². The summed E-state index contributed by atoms with van der Waals surface area (Å²) < 4.78 is 0. The largest absolute Gasteiger partial charge is 0.370 e. The van der Waals surface area contributed by atoms with Crippen LogP contribution in [0.3, 0.4) is 0 Å². The molecule has 4 nitrogen and oxygen atoms in total. The van der Waals surface area contributed by atoms with Crippen LogP contribution in [0.15, 0.2) is 6.07 Å². The number of aromatic nitrogens is 2. The Balaban J connectivity index is 2.04. The minimum Gasteiger partial charge on any atom is -0.370 e. The molecule has 0 aromatic carbocycles. The number of nitrogens with zero attached hydrogens (tertiary/aromatic N) is 3. The van der Waals surface area contributed by atoms with E-state index in [0.717, 1.165) is 36.8 Å². The van der Waals surface area contributed by atoms with Gasteiger partial charge in [0.15, 0.2) is 0 Å². The summed E-state index contributed by atoms with van der Waals surface area (Å²) in [6, 6.07) is 2.68. The number of rotatable bonds is 5. The first-order chi connectivity index (χ1) is 9.19. The smallest absolute Gasteiger partial charge is 0.144 e. The van der Waals surface area contributed by atoms with Crippen molar-refractivity contribution in [2.75, 3.05) is 18.4 Å². The molecule has 1 aromatic heterocycles. The third-order valence-electron chi connectivity index (χ3n) is 3.74. The lowest BCUT2D eigenvalue weighted by Crippen LogP contribution is -2.37. The zero-order valence-corrected chi connectivity index (χ0v) is 12.4. The summed E-state index contributed by atoms with van der Waals surface area (Å²) in [6.45, 7) is 9.54. The highest BCUT2D eigenvalue weighted by Crippen LogP contribution is 2.18. The number of hydrogen-bond acceptors (Lipinski definition) is 4. The molecule has 106 valence electrons. The number of likely N-dealkylation sites (tertiary alicyclic amines) is 1. The van der Waals surface area contributed by atoms with Crippen LogP contribution in [-0.4, -0.2) is 34.0 Å². The van der Waals surface area contributed by atoms with Gasteiger partial charge in [0.25, 0.3) is 0 Å². The van der Waals surface area contributed by atoms with E-state index in [2.05, 4.69) is 34.0 Å². The Morgan fingerprint density at radius 3 is 2.95 bits per heavy atom. The van der Waals surface area contributed by atoms with Crippen LogP contribution in [0.25, 0.3) is 0 Å². The summed E-state index contributed by atoms with van der Waals surface area (Å²) in [6.07, 6.45) is 5.07. The van der Waals surface area contributed by atoms with Gasteiger partial charge in [0.05, 0.1) is 6.54 Å². The summed E-state index contributed by atoms with van der Waals surface area (Å²) in [5.41, 5.74) is 1.05. The molecule has 0 saturated carbocycles. The van der Waals surface area contributed by atoms with Crippen LogP contribution in [0, 0.1) is 6.92 Å². The second kappa shape index (κ2) is 6.85. The van der Waals surface area contributed by atoms with Crippen molar-refractivity contribution >= 4 is 5.82 Å². The lowest BCUT2D eigenvalue weighted by molar-refractivity contribution is 0.149. The van der Waals surface area contributed by atoms with Gasteiger partial charge in [0, 0.05) is 24.3 Å². The molecule has 1 fully saturated rings. The molecule has 2 rings (SSSR count). The van der Waals surface area contributed by atoms with E-state index in [1.807, 2.05) is 13.0 Å². The molecule has 0 spiro atoms. The third-order valence-corrected chi connectivity index (χ3v) is 3.74. The van der Waals surface area contributed by atoms with Gasteiger partial charge in [0.2, 0.25) is 0 Å². The fourth-order valence-electron chi connectivity index (χ4n) is 2.62. The van der Waals surface area contributed by atoms with Gasteiger partial charge < -0.3 is 5.32 Å². The Kier molecular flexibility index (Phi) is 5.14. The number of piperidine rings is 1. The standard InChI is InChI=1S/C15H26N4/c1-4-8-16-14-10-12(2)17-15(18-14)11-19-9-6-5-7-13(19)3/h10,13H,4-9,11H2,1-3H3,(H,16,17,18).